The fourth-order valence-corrected chi connectivity index (χ4v) is 2.96. The van der Waals surface area contributed by atoms with E-state index >= 15 is 0 Å². The zero-order valence-corrected chi connectivity index (χ0v) is 13.4. The van der Waals surface area contributed by atoms with Crippen LogP contribution in [-0.2, 0) is 6.54 Å². The quantitative estimate of drug-likeness (QED) is 0.575. The second-order valence-corrected chi connectivity index (χ2v) is 6.08. The summed E-state index contributed by atoms with van der Waals surface area (Å²) in [5.74, 6) is 0. The Kier molecular flexibility index (Phi) is 3.43. The van der Waals surface area contributed by atoms with Crippen molar-refractivity contribution in [2.24, 2.45) is 0 Å². The van der Waals surface area contributed by atoms with Crippen molar-refractivity contribution in [2.75, 3.05) is 0 Å². The Morgan fingerprint density at radius 2 is 2.00 bits per heavy atom. The number of benzene rings is 2. The fourth-order valence-electron chi connectivity index (χ4n) is 2.84. The molecule has 2 aromatic heterocycles. The average Bonchev–Trinajstić information content (AvgIpc) is 3.16. The van der Waals surface area contributed by atoms with Gasteiger partial charge >= 0.3 is 0 Å². The van der Waals surface area contributed by atoms with Crippen molar-refractivity contribution in [3.63, 3.8) is 0 Å². The lowest BCUT2D eigenvalue weighted by Crippen LogP contribution is -2.03. The number of nitrogens with one attached hydrogen (secondary N) is 1. The predicted molar refractivity (Wildman–Crippen MR) is 93.6 cm³/mol. The summed E-state index contributed by atoms with van der Waals surface area (Å²) < 4.78 is 2.26. The summed E-state index contributed by atoms with van der Waals surface area (Å²) in [6.07, 6.45) is 1.84. The molecule has 113 valence electrons. The Morgan fingerprint density at radius 3 is 2.83 bits per heavy atom. The highest BCUT2D eigenvalue weighted by Crippen LogP contribution is 2.25. The molecule has 0 saturated carbocycles. The average molecular weight is 321 g/mol. The van der Waals surface area contributed by atoms with Gasteiger partial charge in [0.15, 0.2) is 0 Å². The first kappa shape index (κ1) is 14.1. The molecule has 0 unspecified atom stereocenters. The normalized spacial score (nSPS) is 11.2. The van der Waals surface area contributed by atoms with Gasteiger partial charge in [-0.25, -0.2) is 0 Å². The summed E-state index contributed by atoms with van der Waals surface area (Å²) in [6, 6.07) is 19.6. The van der Waals surface area contributed by atoms with Gasteiger partial charge in [0.1, 0.15) is 0 Å². The van der Waals surface area contributed by atoms with Crippen LogP contribution in [0.3, 0.4) is 0 Å². The molecule has 0 atom stereocenters. The summed E-state index contributed by atoms with van der Waals surface area (Å²) in [6.45, 7) is 2.87. The topological polar surface area (TPSA) is 33.6 Å². The van der Waals surface area contributed by atoms with Crippen molar-refractivity contribution in [2.45, 2.75) is 13.5 Å². The van der Waals surface area contributed by atoms with Crippen LogP contribution in [0.25, 0.3) is 22.2 Å². The number of aryl methyl sites for hydroxylation is 1. The van der Waals surface area contributed by atoms with E-state index in [-0.39, 0.29) is 0 Å². The predicted octanol–water partition coefficient (Wildman–Crippen LogP) is 4.84. The first-order valence-corrected chi connectivity index (χ1v) is 7.84. The first-order valence-electron chi connectivity index (χ1n) is 7.46. The third kappa shape index (κ3) is 2.64. The van der Waals surface area contributed by atoms with E-state index in [2.05, 4.69) is 46.0 Å². The maximum atomic E-state index is 5.99. The number of aromatic amines is 1. The molecule has 23 heavy (non-hydrogen) atoms. The molecule has 2 heterocycles. The van der Waals surface area contributed by atoms with Crippen LogP contribution in [0.2, 0.25) is 5.02 Å². The van der Waals surface area contributed by atoms with Crippen LogP contribution >= 0.6 is 11.6 Å². The summed E-state index contributed by atoms with van der Waals surface area (Å²) in [5, 5.41) is 8.98. The molecule has 4 rings (SSSR count). The van der Waals surface area contributed by atoms with E-state index in [4.69, 9.17) is 11.6 Å². The van der Waals surface area contributed by atoms with Crippen LogP contribution in [0.1, 0.15) is 11.3 Å². The van der Waals surface area contributed by atoms with Gasteiger partial charge in [-0.2, -0.15) is 5.10 Å². The molecule has 1 radical (unpaired) electrons. The summed E-state index contributed by atoms with van der Waals surface area (Å²) in [4.78, 5) is 0. The van der Waals surface area contributed by atoms with Crippen molar-refractivity contribution < 1.29 is 0 Å². The van der Waals surface area contributed by atoms with E-state index in [0.717, 1.165) is 39.4 Å². The van der Waals surface area contributed by atoms with E-state index < -0.39 is 0 Å². The van der Waals surface area contributed by atoms with Crippen molar-refractivity contribution >= 4 is 22.5 Å². The van der Waals surface area contributed by atoms with Gasteiger partial charge in [-0.15, -0.1) is 0 Å². The number of fused-ring (bicyclic) bond motifs is 1. The molecule has 1 N–H and O–H groups in total. The van der Waals surface area contributed by atoms with Crippen molar-refractivity contribution in [1.29, 1.82) is 0 Å². The molecule has 0 aliphatic heterocycles. The molecule has 4 aromatic rings. The molecule has 0 aliphatic rings. The van der Waals surface area contributed by atoms with Crippen LogP contribution in [-0.4, -0.2) is 14.8 Å². The Labute approximate surface area is 139 Å². The standard InChI is InChI=1S/C19H15ClN3/c1-13-2-9-19(15-5-7-17(20)8-6-15)23(13)12-14-3-4-16-11-21-22-18(16)10-14/h3-11H,12H2,1H3,(H,21,22). The number of halogens is 1. The van der Waals surface area contributed by atoms with E-state index in [9.17, 15) is 0 Å². The van der Waals surface area contributed by atoms with E-state index in [1.807, 2.05) is 36.5 Å². The number of hydrogen-bond donors (Lipinski definition) is 1. The lowest BCUT2D eigenvalue weighted by molar-refractivity contribution is 0.784. The number of rotatable bonds is 3. The number of nitrogens with zero attached hydrogens (tertiary/aromatic N) is 2. The van der Waals surface area contributed by atoms with Gasteiger partial charge < -0.3 is 4.57 Å². The molecule has 3 nitrogen and oxygen atoms in total. The Hall–Kier alpha value is -2.52. The minimum atomic E-state index is 0.747. The highest BCUT2D eigenvalue weighted by Gasteiger charge is 2.09. The highest BCUT2D eigenvalue weighted by atomic mass is 35.5. The lowest BCUT2D eigenvalue weighted by atomic mass is 10.1. The van der Waals surface area contributed by atoms with Crippen molar-refractivity contribution in [3.8, 4) is 11.3 Å². The number of hydrogen-bond acceptors (Lipinski definition) is 1. The third-order valence-corrected chi connectivity index (χ3v) is 4.35. The molecule has 0 aliphatic carbocycles. The molecule has 0 spiro atoms. The maximum Gasteiger partial charge on any atom is 0.0653 e. The van der Waals surface area contributed by atoms with E-state index in [1.54, 1.807) is 0 Å². The van der Waals surface area contributed by atoms with E-state index in [0.29, 0.717) is 0 Å². The largest absolute Gasteiger partial charge is 0.340 e. The lowest BCUT2D eigenvalue weighted by Gasteiger charge is -2.12. The minimum absolute atomic E-state index is 0.747. The Bertz CT molecular complexity index is 964. The molecule has 0 fully saturated rings. The van der Waals surface area contributed by atoms with Crippen molar-refractivity contribution in [1.82, 2.24) is 14.8 Å². The molecule has 2 aromatic carbocycles. The number of H-pyrrole nitrogens is 1. The SMILES string of the molecule is Cc1[c]cc(-c2ccc(Cl)cc2)n1Cc1ccc2cn[nH]c2c1. The minimum Gasteiger partial charge on any atom is -0.340 e. The van der Waals surface area contributed by atoms with Gasteiger partial charge in [-0.1, -0.05) is 35.9 Å². The van der Waals surface area contributed by atoms with Crippen LogP contribution in [0.5, 0.6) is 0 Å². The summed E-state index contributed by atoms with van der Waals surface area (Å²) >= 11 is 5.99. The highest BCUT2D eigenvalue weighted by molar-refractivity contribution is 6.30. The maximum absolute atomic E-state index is 5.99. The van der Waals surface area contributed by atoms with Gasteiger partial charge in [0.05, 0.1) is 11.7 Å². The van der Waals surface area contributed by atoms with Gasteiger partial charge in [0, 0.05) is 34.4 Å². The molecular formula is C19H15ClN3. The molecule has 4 heteroatoms. The smallest absolute Gasteiger partial charge is 0.0653 e. The van der Waals surface area contributed by atoms with E-state index in [1.165, 1.54) is 5.56 Å². The van der Waals surface area contributed by atoms with Crippen LogP contribution in [0.15, 0.2) is 54.7 Å². The van der Waals surface area contributed by atoms with Crippen LogP contribution in [0.4, 0.5) is 0 Å². The van der Waals surface area contributed by atoms with Crippen LogP contribution < -0.4 is 0 Å². The third-order valence-electron chi connectivity index (χ3n) is 4.10. The monoisotopic (exact) mass is 320 g/mol. The zero-order valence-electron chi connectivity index (χ0n) is 12.7. The van der Waals surface area contributed by atoms with Gasteiger partial charge in [-0.05, 0) is 42.3 Å². The number of aromatic nitrogens is 3. The van der Waals surface area contributed by atoms with Gasteiger partial charge in [-0.3, -0.25) is 5.10 Å². The van der Waals surface area contributed by atoms with Crippen LogP contribution in [0, 0.1) is 13.0 Å². The second kappa shape index (κ2) is 5.60. The second-order valence-electron chi connectivity index (χ2n) is 5.64. The summed E-state index contributed by atoms with van der Waals surface area (Å²) in [5.41, 5.74) is 5.68. The molecule has 0 amide bonds. The Balaban J connectivity index is 1.73. The first-order chi connectivity index (χ1) is 11.2. The molecular weight excluding hydrogens is 306 g/mol. The zero-order chi connectivity index (χ0) is 15.8. The summed E-state index contributed by atoms with van der Waals surface area (Å²) in [7, 11) is 0. The van der Waals surface area contributed by atoms with Gasteiger partial charge in [0.2, 0.25) is 0 Å². The fraction of sp³-hybridized carbons (Fsp3) is 0.105. The van der Waals surface area contributed by atoms with Gasteiger partial charge in [0.25, 0.3) is 0 Å². The molecule has 0 bridgehead atoms. The molecule has 0 saturated heterocycles. The Morgan fingerprint density at radius 1 is 1.17 bits per heavy atom. The van der Waals surface area contributed by atoms with Crippen molar-refractivity contribution in [3.05, 3.63) is 77.1 Å².